The van der Waals surface area contributed by atoms with E-state index in [2.05, 4.69) is 0 Å². The molecule has 0 fully saturated rings. The third kappa shape index (κ3) is 3.25. The highest BCUT2D eigenvalue weighted by molar-refractivity contribution is 6.21. The van der Waals surface area contributed by atoms with Crippen LogP contribution >= 0.6 is 0 Å². The van der Waals surface area contributed by atoms with E-state index < -0.39 is 6.17 Å². The standard InChI is InChI=1S/C24H22FNO/c1-2-8-18(25)15-26-16-22(20-12-5-6-14-23(20)26)24(27)21-13-7-10-17-9-3-4-11-19(17)21/h3-7,9-14,16,18H,2,8,15H2,1H3/t18-/m1/s1. The summed E-state index contributed by atoms with van der Waals surface area (Å²) in [6.45, 7) is 2.26. The summed E-state index contributed by atoms with van der Waals surface area (Å²) < 4.78 is 16.1. The normalized spacial score (nSPS) is 12.5. The second kappa shape index (κ2) is 7.36. The molecule has 0 saturated carbocycles. The number of halogens is 1. The van der Waals surface area contributed by atoms with Crippen molar-refractivity contribution in [2.45, 2.75) is 32.5 Å². The largest absolute Gasteiger partial charge is 0.344 e. The number of carbonyl (C=O) groups is 1. The van der Waals surface area contributed by atoms with Crippen molar-refractivity contribution in [3.8, 4) is 0 Å². The second-order valence-electron chi connectivity index (χ2n) is 6.95. The van der Waals surface area contributed by atoms with E-state index in [4.69, 9.17) is 0 Å². The maximum atomic E-state index is 14.3. The predicted octanol–water partition coefficient (Wildman–Crippen LogP) is 6.16. The van der Waals surface area contributed by atoms with Crippen LogP contribution in [0.2, 0.25) is 0 Å². The minimum atomic E-state index is -0.911. The van der Waals surface area contributed by atoms with E-state index in [1.54, 1.807) is 0 Å². The van der Waals surface area contributed by atoms with Gasteiger partial charge < -0.3 is 4.57 Å². The molecule has 136 valence electrons. The van der Waals surface area contributed by atoms with Crippen LogP contribution in [0.25, 0.3) is 21.7 Å². The number of para-hydroxylation sites is 1. The molecule has 4 rings (SSSR count). The lowest BCUT2D eigenvalue weighted by Crippen LogP contribution is -2.10. The zero-order valence-electron chi connectivity index (χ0n) is 15.4. The SMILES string of the molecule is CCC[C@@H](F)Cn1cc(C(=O)c2cccc3ccccc23)c2ccccc21. The summed E-state index contributed by atoms with van der Waals surface area (Å²) in [4.78, 5) is 13.4. The summed E-state index contributed by atoms with van der Waals surface area (Å²) in [7, 11) is 0. The van der Waals surface area contributed by atoms with Gasteiger partial charge in [-0.05, 0) is 23.3 Å². The number of fused-ring (bicyclic) bond motifs is 2. The first-order valence-corrected chi connectivity index (χ1v) is 9.43. The van der Waals surface area contributed by atoms with Gasteiger partial charge in [0.1, 0.15) is 6.17 Å². The molecule has 2 nitrogen and oxygen atoms in total. The summed E-state index contributed by atoms with van der Waals surface area (Å²) in [5.74, 6) is -0.0207. The fraction of sp³-hybridized carbons (Fsp3) is 0.208. The van der Waals surface area contributed by atoms with Crippen LogP contribution in [0.1, 0.15) is 35.7 Å². The van der Waals surface area contributed by atoms with Crippen LogP contribution in [0, 0.1) is 0 Å². The summed E-state index contributed by atoms with van der Waals surface area (Å²) in [6.07, 6.45) is 2.24. The molecule has 1 heterocycles. The molecule has 0 radical (unpaired) electrons. The molecule has 0 N–H and O–H groups in total. The van der Waals surface area contributed by atoms with Gasteiger partial charge in [-0.1, -0.05) is 74.0 Å². The minimum absolute atomic E-state index is 0.0207. The van der Waals surface area contributed by atoms with Gasteiger partial charge in [-0.2, -0.15) is 0 Å². The van der Waals surface area contributed by atoms with Gasteiger partial charge in [-0.15, -0.1) is 0 Å². The number of benzene rings is 3. The molecule has 0 amide bonds. The zero-order chi connectivity index (χ0) is 18.8. The Bertz CT molecular complexity index is 1110. The average Bonchev–Trinajstić information content (AvgIpc) is 3.06. The van der Waals surface area contributed by atoms with Crippen molar-refractivity contribution in [2.75, 3.05) is 0 Å². The van der Waals surface area contributed by atoms with Crippen molar-refractivity contribution in [3.05, 3.63) is 84.1 Å². The number of rotatable bonds is 6. The summed E-state index contributed by atoms with van der Waals surface area (Å²) in [5, 5.41) is 2.86. The highest BCUT2D eigenvalue weighted by Gasteiger charge is 2.19. The lowest BCUT2D eigenvalue weighted by atomic mass is 9.97. The Morgan fingerprint density at radius 3 is 2.44 bits per heavy atom. The third-order valence-electron chi connectivity index (χ3n) is 5.06. The van der Waals surface area contributed by atoms with Crippen molar-refractivity contribution < 1.29 is 9.18 Å². The van der Waals surface area contributed by atoms with E-state index in [9.17, 15) is 9.18 Å². The molecule has 0 aliphatic carbocycles. The van der Waals surface area contributed by atoms with Gasteiger partial charge in [0.05, 0.1) is 6.54 Å². The van der Waals surface area contributed by atoms with Crippen molar-refractivity contribution in [3.63, 3.8) is 0 Å². The summed E-state index contributed by atoms with van der Waals surface area (Å²) >= 11 is 0. The fourth-order valence-electron chi connectivity index (χ4n) is 3.77. The Morgan fingerprint density at radius 2 is 1.63 bits per heavy atom. The molecule has 0 bridgehead atoms. The number of aromatic nitrogens is 1. The average molecular weight is 359 g/mol. The maximum Gasteiger partial charge on any atom is 0.195 e. The topological polar surface area (TPSA) is 22.0 Å². The van der Waals surface area contributed by atoms with E-state index in [1.807, 2.05) is 84.4 Å². The minimum Gasteiger partial charge on any atom is -0.344 e. The van der Waals surface area contributed by atoms with Gasteiger partial charge in [0.15, 0.2) is 5.78 Å². The number of hydrogen-bond donors (Lipinski definition) is 0. The van der Waals surface area contributed by atoms with E-state index in [-0.39, 0.29) is 12.3 Å². The van der Waals surface area contributed by atoms with Gasteiger partial charge in [0.2, 0.25) is 0 Å². The quantitative estimate of drug-likeness (QED) is 0.378. The lowest BCUT2D eigenvalue weighted by Gasteiger charge is -2.09. The molecular formula is C24H22FNO. The van der Waals surface area contributed by atoms with E-state index in [0.717, 1.165) is 28.1 Å². The smallest absolute Gasteiger partial charge is 0.195 e. The summed E-state index contributed by atoms with van der Waals surface area (Å²) in [5.41, 5.74) is 2.21. The first-order chi connectivity index (χ1) is 13.2. The van der Waals surface area contributed by atoms with E-state index in [0.29, 0.717) is 17.5 Å². The molecule has 27 heavy (non-hydrogen) atoms. The highest BCUT2D eigenvalue weighted by Crippen LogP contribution is 2.27. The van der Waals surface area contributed by atoms with E-state index >= 15 is 0 Å². The Kier molecular flexibility index (Phi) is 4.76. The molecule has 0 unspecified atom stereocenters. The molecule has 3 heteroatoms. The van der Waals surface area contributed by atoms with Crippen LogP contribution in [-0.4, -0.2) is 16.5 Å². The number of ketones is 1. The van der Waals surface area contributed by atoms with E-state index in [1.165, 1.54) is 0 Å². The zero-order valence-corrected chi connectivity index (χ0v) is 15.4. The Labute approximate surface area is 158 Å². The van der Waals surface area contributed by atoms with Crippen LogP contribution < -0.4 is 0 Å². The number of hydrogen-bond acceptors (Lipinski definition) is 1. The van der Waals surface area contributed by atoms with Gasteiger partial charge in [0, 0.05) is 28.2 Å². The van der Waals surface area contributed by atoms with Gasteiger partial charge >= 0.3 is 0 Å². The van der Waals surface area contributed by atoms with Crippen LogP contribution in [0.15, 0.2) is 72.9 Å². The van der Waals surface area contributed by atoms with Crippen molar-refractivity contribution in [2.24, 2.45) is 0 Å². The molecule has 4 aromatic rings. The van der Waals surface area contributed by atoms with Crippen LogP contribution in [0.4, 0.5) is 4.39 Å². The molecule has 0 spiro atoms. The van der Waals surface area contributed by atoms with Gasteiger partial charge in [0.25, 0.3) is 0 Å². The number of nitrogens with zero attached hydrogens (tertiary/aromatic N) is 1. The van der Waals surface area contributed by atoms with Crippen molar-refractivity contribution in [1.29, 1.82) is 0 Å². The van der Waals surface area contributed by atoms with Crippen molar-refractivity contribution in [1.82, 2.24) is 4.57 Å². The van der Waals surface area contributed by atoms with Gasteiger partial charge in [-0.3, -0.25) is 4.79 Å². The molecule has 1 atom stereocenters. The predicted molar refractivity (Wildman–Crippen MR) is 109 cm³/mol. The molecule has 0 aliphatic heterocycles. The molecule has 0 saturated heterocycles. The third-order valence-corrected chi connectivity index (χ3v) is 5.06. The summed E-state index contributed by atoms with van der Waals surface area (Å²) in [6, 6.07) is 21.4. The second-order valence-corrected chi connectivity index (χ2v) is 6.95. The molecule has 0 aliphatic rings. The number of carbonyl (C=O) groups excluding carboxylic acids is 1. The Morgan fingerprint density at radius 1 is 0.926 bits per heavy atom. The van der Waals surface area contributed by atoms with Crippen LogP contribution in [0.5, 0.6) is 0 Å². The monoisotopic (exact) mass is 359 g/mol. The van der Waals surface area contributed by atoms with Crippen molar-refractivity contribution >= 4 is 27.5 Å². The van der Waals surface area contributed by atoms with Crippen LogP contribution in [-0.2, 0) is 6.54 Å². The number of alkyl halides is 1. The van der Waals surface area contributed by atoms with Crippen LogP contribution in [0.3, 0.4) is 0 Å². The highest BCUT2D eigenvalue weighted by atomic mass is 19.1. The molecular weight excluding hydrogens is 337 g/mol. The Hall–Kier alpha value is -2.94. The fourth-order valence-corrected chi connectivity index (χ4v) is 3.77. The maximum absolute atomic E-state index is 14.3. The molecule has 1 aromatic heterocycles. The van der Waals surface area contributed by atoms with Gasteiger partial charge in [-0.25, -0.2) is 4.39 Å². The Balaban J connectivity index is 1.82. The lowest BCUT2D eigenvalue weighted by molar-refractivity contribution is 0.104. The molecule has 3 aromatic carbocycles. The first-order valence-electron chi connectivity index (χ1n) is 9.43. The first kappa shape index (κ1) is 17.5.